The van der Waals surface area contributed by atoms with E-state index in [-0.39, 0.29) is 18.7 Å². The molecule has 6 heteroatoms. The van der Waals surface area contributed by atoms with E-state index in [0.717, 1.165) is 73.5 Å². The number of carbonyl (C=O) groups is 1. The Morgan fingerprint density at radius 1 is 1.12 bits per heavy atom. The first kappa shape index (κ1) is 14.8. The van der Waals surface area contributed by atoms with Crippen LogP contribution >= 0.6 is 0 Å². The van der Waals surface area contributed by atoms with E-state index >= 15 is 0 Å². The van der Waals surface area contributed by atoms with Gasteiger partial charge in [-0.2, -0.15) is 0 Å². The minimum Gasteiger partial charge on any atom is -0.454 e. The molecule has 1 aromatic carbocycles. The van der Waals surface area contributed by atoms with Crippen LogP contribution < -0.4 is 9.47 Å². The van der Waals surface area contributed by atoms with E-state index in [1.165, 1.54) is 0 Å². The maximum Gasteiger partial charge on any atom is 0.276 e. The molecule has 2 aromatic rings. The highest BCUT2D eigenvalue weighted by molar-refractivity contribution is 5.94. The maximum atomic E-state index is 13.1. The number of ether oxygens (including phenoxy) is 2. The average molecular weight is 340 g/mol. The number of aryl methyl sites for hydroxylation is 1. The fourth-order valence-electron chi connectivity index (χ4n) is 4.17. The predicted molar refractivity (Wildman–Crippen MR) is 88.7 cm³/mol. The van der Waals surface area contributed by atoms with Crippen LogP contribution in [0.1, 0.15) is 59.1 Å². The Labute approximate surface area is 145 Å². The van der Waals surface area contributed by atoms with Crippen LogP contribution in [0.25, 0.3) is 0 Å². The van der Waals surface area contributed by atoms with E-state index < -0.39 is 0 Å². The number of aromatic nitrogens is 1. The topological polar surface area (TPSA) is 64.8 Å². The standard InChI is InChI=1S/C19H20N2O4/c22-19(18-13-4-1-2-6-15(13)25-20-18)21-9-3-5-14(21)12-7-8-16-17(10-12)24-11-23-16/h7-8,10,14H,1-6,9,11H2/t14-/m0/s1. The molecule has 0 N–H and O–H groups in total. The van der Waals surface area contributed by atoms with Crippen molar-refractivity contribution in [1.29, 1.82) is 0 Å². The van der Waals surface area contributed by atoms with Gasteiger partial charge in [0.25, 0.3) is 5.91 Å². The summed E-state index contributed by atoms with van der Waals surface area (Å²) in [5.41, 5.74) is 2.63. The van der Waals surface area contributed by atoms with E-state index in [1.807, 2.05) is 23.1 Å². The number of likely N-dealkylation sites (tertiary alicyclic amines) is 1. The molecule has 1 amide bonds. The SMILES string of the molecule is O=C(c1noc2c1CCCC2)N1CCC[C@H]1c1ccc2c(c1)OCO2. The summed E-state index contributed by atoms with van der Waals surface area (Å²) in [5, 5.41) is 4.12. The predicted octanol–water partition coefficient (Wildman–Crippen LogP) is 3.26. The number of hydrogen-bond donors (Lipinski definition) is 0. The van der Waals surface area contributed by atoms with Gasteiger partial charge in [-0.25, -0.2) is 0 Å². The van der Waals surface area contributed by atoms with Crippen LogP contribution in [-0.2, 0) is 12.8 Å². The third kappa shape index (κ3) is 2.39. The Hall–Kier alpha value is -2.50. The van der Waals surface area contributed by atoms with Crippen molar-refractivity contribution < 1.29 is 18.8 Å². The van der Waals surface area contributed by atoms with E-state index in [0.29, 0.717) is 5.69 Å². The van der Waals surface area contributed by atoms with E-state index in [4.69, 9.17) is 14.0 Å². The molecule has 1 atom stereocenters. The average Bonchev–Trinajstić information content (AvgIpc) is 3.38. The number of rotatable bonds is 2. The Kier molecular flexibility index (Phi) is 3.43. The van der Waals surface area contributed by atoms with Gasteiger partial charge in [0.15, 0.2) is 17.2 Å². The molecule has 130 valence electrons. The van der Waals surface area contributed by atoms with Gasteiger partial charge in [-0.3, -0.25) is 4.79 Å². The number of hydrogen-bond acceptors (Lipinski definition) is 5. The van der Waals surface area contributed by atoms with Gasteiger partial charge in [0.2, 0.25) is 6.79 Å². The molecule has 0 unspecified atom stereocenters. The molecule has 0 saturated carbocycles. The van der Waals surface area contributed by atoms with E-state index in [9.17, 15) is 4.79 Å². The number of fused-ring (bicyclic) bond motifs is 2. The van der Waals surface area contributed by atoms with Gasteiger partial charge < -0.3 is 18.9 Å². The van der Waals surface area contributed by atoms with Crippen molar-refractivity contribution in [2.45, 2.75) is 44.6 Å². The Bertz CT molecular complexity index is 829. The van der Waals surface area contributed by atoms with Crippen LogP contribution in [0.5, 0.6) is 11.5 Å². The summed E-state index contributed by atoms with van der Waals surface area (Å²) in [4.78, 5) is 15.1. The van der Waals surface area contributed by atoms with Gasteiger partial charge in [0.05, 0.1) is 6.04 Å². The summed E-state index contributed by atoms with van der Waals surface area (Å²) < 4.78 is 16.3. The molecule has 0 radical (unpaired) electrons. The summed E-state index contributed by atoms with van der Waals surface area (Å²) in [6, 6.07) is 6.01. The van der Waals surface area contributed by atoms with Crippen molar-refractivity contribution in [3.63, 3.8) is 0 Å². The van der Waals surface area contributed by atoms with Crippen LogP contribution in [0.2, 0.25) is 0 Å². The Morgan fingerprint density at radius 3 is 2.96 bits per heavy atom. The minimum absolute atomic E-state index is 0.00735. The highest BCUT2D eigenvalue weighted by atomic mass is 16.7. The summed E-state index contributed by atoms with van der Waals surface area (Å²) >= 11 is 0. The first-order valence-corrected chi connectivity index (χ1v) is 8.99. The van der Waals surface area contributed by atoms with Crippen LogP contribution in [0.4, 0.5) is 0 Å². The lowest BCUT2D eigenvalue weighted by Gasteiger charge is -2.25. The van der Waals surface area contributed by atoms with E-state index in [1.54, 1.807) is 0 Å². The van der Waals surface area contributed by atoms with Gasteiger partial charge in [-0.1, -0.05) is 11.2 Å². The van der Waals surface area contributed by atoms with E-state index in [2.05, 4.69) is 5.16 Å². The molecule has 3 aliphatic rings. The number of nitrogens with zero attached hydrogens (tertiary/aromatic N) is 2. The van der Waals surface area contributed by atoms with Crippen molar-refractivity contribution >= 4 is 5.91 Å². The van der Waals surface area contributed by atoms with Gasteiger partial charge in [0, 0.05) is 18.5 Å². The first-order valence-electron chi connectivity index (χ1n) is 8.99. The quantitative estimate of drug-likeness (QED) is 0.839. The second-order valence-electron chi connectivity index (χ2n) is 6.91. The van der Waals surface area contributed by atoms with Crippen LogP contribution in [-0.4, -0.2) is 29.3 Å². The van der Waals surface area contributed by atoms with Crippen LogP contribution in [0, 0.1) is 0 Å². The molecule has 1 fully saturated rings. The van der Waals surface area contributed by atoms with Crippen molar-refractivity contribution in [2.24, 2.45) is 0 Å². The molecule has 1 saturated heterocycles. The number of amides is 1. The van der Waals surface area contributed by atoms with Crippen molar-refractivity contribution in [3.8, 4) is 11.5 Å². The monoisotopic (exact) mass is 340 g/mol. The smallest absolute Gasteiger partial charge is 0.276 e. The highest BCUT2D eigenvalue weighted by Gasteiger charge is 2.35. The molecule has 6 nitrogen and oxygen atoms in total. The first-order chi connectivity index (χ1) is 12.3. The lowest BCUT2D eigenvalue weighted by Crippen LogP contribution is -2.31. The summed E-state index contributed by atoms with van der Waals surface area (Å²) in [5.74, 6) is 2.42. The lowest BCUT2D eigenvalue weighted by molar-refractivity contribution is 0.0724. The Balaban J connectivity index is 1.45. The lowest BCUT2D eigenvalue weighted by atomic mass is 9.96. The third-order valence-corrected chi connectivity index (χ3v) is 5.45. The molecular formula is C19H20N2O4. The molecule has 3 heterocycles. The van der Waals surface area contributed by atoms with Gasteiger partial charge in [0.1, 0.15) is 5.76 Å². The molecule has 1 aromatic heterocycles. The van der Waals surface area contributed by atoms with Gasteiger partial charge >= 0.3 is 0 Å². The molecule has 25 heavy (non-hydrogen) atoms. The zero-order chi connectivity index (χ0) is 16.8. The number of carbonyl (C=O) groups excluding carboxylic acids is 1. The van der Waals surface area contributed by atoms with Crippen molar-refractivity contribution in [2.75, 3.05) is 13.3 Å². The van der Waals surface area contributed by atoms with Gasteiger partial charge in [-0.05, 0) is 49.8 Å². The third-order valence-electron chi connectivity index (χ3n) is 5.45. The summed E-state index contributed by atoms with van der Waals surface area (Å²) in [7, 11) is 0. The maximum absolute atomic E-state index is 13.1. The molecule has 2 aliphatic heterocycles. The molecule has 5 rings (SSSR count). The van der Waals surface area contributed by atoms with Gasteiger partial charge in [-0.15, -0.1) is 0 Å². The normalized spacial score (nSPS) is 21.4. The van der Waals surface area contributed by atoms with Crippen molar-refractivity contribution in [1.82, 2.24) is 10.1 Å². The zero-order valence-electron chi connectivity index (χ0n) is 14.0. The second-order valence-corrected chi connectivity index (χ2v) is 6.91. The van der Waals surface area contributed by atoms with Crippen molar-refractivity contribution in [3.05, 3.63) is 40.8 Å². The molecule has 0 bridgehead atoms. The van der Waals surface area contributed by atoms with Crippen LogP contribution in [0.15, 0.2) is 22.7 Å². The fourth-order valence-corrected chi connectivity index (χ4v) is 4.17. The zero-order valence-corrected chi connectivity index (χ0v) is 14.0. The molecule has 0 spiro atoms. The summed E-state index contributed by atoms with van der Waals surface area (Å²) in [6.45, 7) is 1.01. The minimum atomic E-state index is -0.00735. The molecular weight excluding hydrogens is 320 g/mol. The molecule has 1 aliphatic carbocycles. The highest BCUT2D eigenvalue weighted by Crippen LogP contribution is 2.39. The number of benzene rings is 1. The fraction of sp³-hybridized carbons (Fsp3) is 0.474. The Morgan fingerprint density at radius 2 is 2.00 bits per heavy atom. The second kappa shape index (κ2) is 5.79. The van der Waals surface area contributed by atoms with Crippen LogP contribution in [0.3, 0.4) is 0 Å². The summed E-state index contributed by atoms with van der Waals surface area (Å²) in [6.07, 6.45) is 5.93. The largest absolute Gasteiger partial charge is 0.454 e.